The number of carbonyl (C=O) groups is 1. The zero-order chi connectivity index (χ0) is 21.3. The number of carbonyl (C=O) groups excluding carboxylic acids is 1. The zero-order valence-corrected chi connectivity index (χ0v) is 18.9. The fourth-order valence-electron chi connectivity index (χ4n) is 4.09. The van der Waals surface area contributed by atoms with E-state index in [0.29, 0.717) is 18.2 Å². The van der Waals surface area contributed by atoms with Crippen molar-refractivity contribution >= 4 is 40.0 Å². The predicted octanol–water partition coefficient (Wildman–Crippen LogP) is 6.53. The summed E-state index contributed by atoms with van der Waals surface area (Å²) < 4.78 is 0. The Morgan fingerprint density at radius 2 is 1.83 bits per heavy atom. The van der Waals surface area contributed by atoms with Crippen molar-refractivity contribution in [1.29, 1.82) is 0 Å². The molecule has 30 heavy (non-hydrogen) atoms. The zero-order valence-electron chi connectivity index (χ0n) is 17.4. The summed E-state index contributed by atoms with van der Waals surface area (Å²) in [6.07, 6.45) is 3.89. The Kier molecular flexibility index (Phi) is 6.31. The molecule has 1 aliphatic carbocycles. The molecule has 0 atom stereocenters. The van der Waals surface area contributed by atoms with Gasteiger partial charge in [-0.15, -0.1) is 0 Å². The first-order valence-electron chi connectivity index (χ1n) is 10.5. The molecular weight excluding hydrogens is 415 g/mol. The molecule has 0 radical (unpaired) electrons. The molecule has 1 aromatic heterocycles. The quantitative estimate of drug-likeness (QED) is 0.408. The van der Waals surface area contributed by atoms with Gasteiger partial charge in [-0.05, 0) is 68.5 Å². The number of halogens is 2. The topological polar surface area (TPSA) is 33.2 Å². The number of hydrogen-bond acceptors (Lipinski definition) is 2. The molecular formula is C25H26Cl2N2O. The van der Waals surface area contributed by atoms with E-state index in [2.05, 4.69) is 37.0 Å². The molecule has 1 amide bonds. The van der Waals surface area contributed by atoms with Gasteiger partial charge < -0.3 is 4.90 Å². The highest BCUT2D eigenvalue weighted by Crippen LogP contribution is 2.30. The van der Waals surface area contributed by atoms with Crippen LogP contribution in [-0.2, 0) is 17.8 Å². The van der Waals surface area contributed by atoms with E-state index in [0.717, 1.165) is 52.7 Å². The minimum atomic E-state index is 0.145. The molecule has 0 bridgehead atoms. The third-order valence-corrected chi connectivity index (χ3v) is 6.57. The summed E-state index contributed by atoms with van der Waals surface area (Å²) in [5.74, 6) is 0.374. The first-order chi connectivity index (χ1) is 14.4. The van der Waals surface area contributed by atoms with Gasteiger partial charge in [0.1, 0.15) is 5.15 Å². The van der Waals surface area contributed by atoms with Crippen LogP contribution in [0.3, 0.4) is 0 Å². The number of nitrogens with zero attached hydrogens (tertiary/aromatic N) is 2. The van der Waals surface area contributed by atoms with Gasteiger partial charge in [0.2, 0.25) is 5.91 Å². The molecule has 0 aliphatic heterocycles. The SMILES string of the molecule is Cc1cc(C)c2nc(Cl)c(CN(CCc3ccc(Cl)cc3)C(=O)C3CCC3)cc2c1. The lowest BCUT2D eigenvalue weighted by molar-refractivity contribution is -0.138. The van der Waals surface area contributed by atoms with E-state index in [-0.39, 0.29) is 11.8 Å². The Morgan fingerprint density at radius 3 is 2.50 bits per heavy atom. The Morgan fingerprint density at radius 1 is 1.10 bits per heavy atom. The molecule has 1 fully saturated rings. The lowest BCUT2D eigenvalue weighted by atomic mass is 9.84. The maximum atomic E-state index is 13.1. The molecule has 0 N–H and O–H groups in total. The van der Waals surface area contributed by atoms with Crippen molar-refractivity contribution < 1.29 is 4.79 Å². The van der Waals surface area contributed by atoms with Crippen LogP contribution in [0.1, 0.15) is 41.5 Å². The number of benzene rings is 2. The summed E-state index contributed by atoms with van der Waals surface area (Å²) in [7, 11) is 0. The molecule has 5 heteroatoms. The van der Waals surface area contributed by atoms with Crippen LogP contribution >= 0.6 is 23.2 Å². The van der Waals surface area contributed by atoms with Crippen LogP contribution in [0.25, 0.3) is 10.9 Å². The minimum Gasteiger partial charge on any atom is -0.338 e. The second-order valence-electron chi connectivity index (χ2n) is 8.36. The normalized spacial score (nSPS) is 14.0. The fourth-order valence-corrected chi connectivity index (χ4v) is 4.41. The van der Waals surface area contributed by atoms with Crippen molar-refractivity contribution in [1.82, 2.24) is 9.88 Å². The lowest BCUT2D eigenvalue weighted by Gasteiger charge is -2.32. The number of fused-ring (bicyclic) bond motifs is 1. The second-order valence-corrected chi connectivity index (χ2v) is 9.15. The third kappa shape index (κ3) is 4.63. The highest BCUT2D eigenvalue weighted by atomic mass is 35.5. The molecule has 1 heterocycles. The van der Waals surface area contributed by atoms with Gasteiger partial charge in [0, 0.05) is 35.0 Å². The number of rotatable bonds is 6. The molecule has 0 saturated heterocycles. The molecule has 3 nitrogen and oxygen atoms in total. The van der Waals surface area contributed by atoms with E-state index >= 15 is 0 Å². The van der Waals surface area contributed by atoms with E-state index in [9.17, 15) is 4.79 Å². The smallest absolute Gasteiger partial charge is 0.225 e. The van der Waals surface area contributed by atoms with E-state index in [1.54, 1.807) is 0 Å². The monoisotopic (exact) mass is 440 g/mol. The molecule has 4 rings (SSSR count). The fraction of sp³-hybridized carbons (Fsp3) is 0.360. The number of aryl methyl sites for hydroxylation is 2. The minimum absolute atomic E-state index is 0.145. The lowest BCUT2D eigenvalue weighted by Crippen LogP contribution is -2.39. The maximum Gasteiger partial charge on any atom is 0.225 e. The third-order valence-electron chi connectivity index (χ3n) is 5.99. The van der Waals surface area contributed by atoms with Crippen LogP contribution in [0.5, 0.6) is 0 Å². The Bertz CT molecular complexity index is 1070. The van der Waals surface area contributed by atoms with Crippen molar-refractivity contribution in [2.45, 2.75) is 46.1 Å². The van der Waals surface area contributed by atoms with E-state index in [1.807, 2.05) is 29.2 Å². The van der Waals surface area contributed by atoms with E-state index in [1.165, 1.54) is 11.1 Å². The summed E-state index contributed by atoms with van der Waals surface area (Å²) in [6.45, 7) is 5.27. The van der Waals surface area contributed by atoms with Crippen molar-refractivity contribution in [2.75, 3.05) is 6.54 Å². The Balaban J connectivity index is 1.59. The second kappa shape index (κ2) is 8.95. The Labute approximate surface area is 188 Å². The van der Waals surface area contributed by atoms with Gasteiger partial charge in [-0.3, -0.25) is 4.79 Å². The standard InChI is InChI=1S/C25H26Cl2N2O/c1-16-12-17(2)23-20(13-16)14-21(24(27)28-23)15-29(25(30)19-4-3-5-19)11-10-18-6-8-22(26)9-7-18/h6-9,12-14,19H,3-5,10-11,15H2,1-2H3. The van der Waals surface area contributed by atoms with Crippen LogP contribution in [0.4, 0.5) is 0 Å². The molecule has 1 aliphatic rings. The van der Waals surface area contributed by atoms with Crippen molar-refractivity contribution in [3.63, 3.8) is 0 Å². The van der Waals surface area contributed by atoms with Crippen LogP contribution < -0.4 is 0 Å². The maximum absolute atomic E-state index is 13.1. The van der Waals surface area contributed by atoms with Crippen LogP contribution in [-0.4, -0.2) is 22.3 Å². The van der Waals surface area contributed by atoms with Crippen molar-refractivity contribution in [2.24, 2.45) is 5.92 Å². The van der Waals surface area contributed by atoms with Crippen LogP contribution in [0.2, 0.25) is 10.2 Å². The highest BCUT2D eigenvalue weighted by Gasteiger charge is 2.29. The first-order valence-corrected chi connectivity index (χ1v) is 11.3. The summed E-state index contributed by atoms with van der Waals surface area (Å²) in [5, 5.41) is 2.27. The van der Waals surface area contributed by atoms with Gasteiger partial charge in [0.25, 0.3) is 0 Å². The summed E-state index contributed by atoms with van der Waals surface area (Å²) in [6, 6.07) is 14.2. The number of pyridine rings is 1. The molecule has 2 aromatic carbocycles. The molecule has 3 aromatic rings. The average Bonchev–Trinajstić information content (AvgIpc) is 2.66. The van der Waals surface area contributed by atoms with Crippen LogP contribution in [0.15, 0.2) is 42.5 Å². The van der Waals surface area contributed by atoms with Crippen molar-refractivity contribution in [3.05, 3.63) is 74.9 Å². The molecule has 1 saturated carbocycles. The summed E-state index contributed by atoms with van der Waals surface area (Å²) in [4.78, 5) is 19.7. The van der Waals surface area contributed by atoms with Crippen molar-refractivity contribution in [3.8, 4) is 0 Å². The molecule has 0 unspecified atom stereocenters. The summed E-state index contributed by atoms with van der Waals surface area (Å²) in [5.41, 5.74) is 5.30. The van der Waals surface area contributed by atoms with Gasteiger partial charge in [0.05, 0.1) is 5.52 Å². The van der Waals surface area contributed by atoms with Gasteiger partial charge >= 0.3 is 0 Å². The van der Waals surface area contributed by atoms with Gasteiger partial charge in [-0.1, -0.05) is 53.4 Å². The Hall–Kier alpha value is -2.10. The van der Waals surface area contributed by atoms with Gasteiger partial charge in [-0.2, -0.15) is 0 Å². The van der Waals surface area contributed by atoms with E-state index in [4.69, 9.17) is 23.2 Å². The first kappa shape index (κ1) is 21.1. The number of aromatic nitrogens is 1. The van der Waals surface area contributed by atoms with E-state index < -0.39 is 0 Å². The summed E-state index contributed by atoms with van der Waals surface area (Å²) >= 11 is 12.6. The van der Waals surface area contributed by atoms with Gasteiger partial charge in [0.15, 0.2) is 0 Å². The van der Waals surface area contributed by atoms with Gasteiger partial charge in [-0.25, -0.2) is 4.98 Å². The number of amides is 1. The number of hydrogen-bond donors (Lipinski definition) is 0. The largest absolute Gasteiger partial charge is 0.338 e. The molecule has 156 valence electrons. The molecule has 0 spiro atoms. The highest BCUT2D eigenvalue weighted by molar-refractivity contribution is 6.30. The predicted molar refractivity (Wildman–Crippen MR) is 124 cm³/mol. The van der Waals surface area contributed by atoms with Crippen LogP contribution in [0, 0.1) is 19.8 Å². The average molecular weight is 441 g/mol.